The molecular weight excluding hydrogens is 300 g/mol. The van der Waals surface area contributed by atoms with Crippen LogP contribution in [0.5, 0.6) is 0 Å². The Morgan fingerprint density at radius 1 is 1.57 bits per heavy atom. The van der Waals surface area contributed by atoms with Crippen molar-refractivity contribution in [1.29, 1.82) is 0 Å². The van der Waals surface area contributed by atoms with Crippen LogP contribution in [-0.2, 0) is 14.3 Å². The van der Waals surface area contributed by atoms with Crippen LogP contribution >= 0.6 is 11.6 Å². The fourth-order valence-corrected chi connectivity index (χ4v) is 2.56. The van der Waals surface area contributed by atoms with Crippen molar-refractivity contribution in [3.8, 4) is 0 Å². The van der Waals surface area contributed by atoms with Crippen LogP contribution in [0.2, 0.25) is 5.02 Å². The minimum absolute atomic E-state index is 0.0871. The van der Waals surface area contributed by atoms with Gasteiger partial charge in [-0.3, -0.25) is 19.7 Å². The smallest absolute Gasteiger partial charge is 0.316 e. The summed E-state index contributed by atoms with van der Waals surface area (Å²) in [5, 5.41) is 13.8. The van der Waals surface area contributed by atoms with E-state index in [0.29, 0.717) is 16.3 Å². The zero-order chi connectivity index (χ0) is 15.6. The number of benzene rings is 1. The number of rotatable bonds is 5. The summed E-state index contributed by atoms with van der Waals surface area (Å²) in [5.41, 5.74) is 0.986. The number of carbonyl (C=O) groups excluding carboxylic acids is 2. The van der Waals surface area contributed by atoms with Gasteiger partial charge in [0.15, 0.2) is 0 Å². The van der Waals surface area contributed by atoms with Crippen molar-refractivity contribution in [2.45, 2.75) is 12.8 Å². The fraction of sp³-hybridized carbons (Fsp3) is 0.385. The second kappa shape index (κ2) is 6.09. The molecule has 1 amide bonds. The lowest BCUT2D eigenvalue weighted by Crippen LogP contribution is -2.34. The highest BCUT2D eigenvalue weighted by Crippen LogP contribution is 2.39. The number of carbonyl (C=O) groups is 2. The van der Waals surface area contributed by atoms with E-state index >= 15 is 0 Å². The van der Waals surface area contributed by atoms with Gasteiger partial charge in [0.1, 0.15) is 5.92 Å². The van der Waals surface area contributed by atoms with E-state index in [1.54, 1.807) is 19.1 Å². The first kappa shape index (κ1) is 15.2. The van der Waals surface area contributed by atoms with Crippen LogP contribution in [0.25, 0.3) is 0 Å². The summed E-state index contributed by atoms with van der Waals surface area (Å²) < 4.78 is 4.85. The van der Waals surface area contributed by atoms with Gasteiger partial charge in [-0.2, -0.15) is 0 Å². The van der Waals surface area contributed by atoms with E-state index in [1.165, 1.54) is 6.07 Å². The van der Waals surface area contributed by atoms with E-state index < -0.39 is 35.2 Å². The molecule has 0 bridgehead atoms. The Hall–Kier alpha value is -2.15. The third-order valence-corrected chi connectivity index (χ3v) is 3.46. The minimum atomic E-state index is -1.18. The number of nitrogens with zero attached hydrogens (tertiary/aromatic N) is 1. The highest BCUT2D eigenvalue weighted by molar-refractivity contribution is 6.31. The summed E-state index contributed by atoms with van der Waals surface area (Å²) in [4.78, 5) is 34.2. The first-order valence-corrected chi connectivity index (χ1v) is 6.70. The van der Waals surface area contributed by atoms with Gasteiger partial charge in [0.05, 0.1) is 12.5 Å². The number of nitrogens with one attached hydrogen (secondary N) is 1. The zero-order valence-electron chi connectivity index (χ0n) is 11.2. The molecule has 0 fully saturated rings. The molecule has 1 aliphatic heterocycles. The van der Waals surface area contributed by atoms with Crippen LogP contribution in [0.4, 0.5) is 5.69 Å². The number of hydrogen-bond donors (Lipinski definition) is 1. The van der Waals surface area contributed by atoms with Gasteiger partial charge in [-0.25, -0.2) is 0 Å². The molecule has 7 nitrogen and oxygen atoms in total. The molecule has 1 unspecified atom stereocenters. The Bertz CT molecular complexity index is 604. The molecule has 21 heavy (non-hydrogen) atoms. The lowest BCUT2D eigenvalue weighted by Gasteiger charge is -2.17. The van der Waals surface area contributed by atoms with Gasteiger partial charge in [-0.1, -0.05) is 11.6 Å². The quantitative estimate of drug-likeness (QED) is 0.508. The average Bonchev–Trinajstić information content (AvgIpc) is 2.71. The molecule has 112 valence electrons. The molecule has 0 aliphatic carbocycles. The highest BCUT2D eigenvalue weighted by atomic mass is 35.5. The van der Waals surface area contributed by atoms with E-state index in [4.69, 9.17) is 16.3 Å². The normalized spacial score (nSPS) is 17.8. The first-order valence-electron chi connectivity index (χ1n) is 6.32. The Morgan fingerprint density at radius 2 is 2.29 bits per heavy atom. The third-order valence-electron chi connectivity index (χ3n) is 3.23. The maximum absolute atomic E-state index is 12.1. The Balaban J connectivity index is 2.40. The minimum Gasteiger partial charge on any atom is -0.466 e. The second-order valence-corrected chi connectivity index (χ2v) is 5.01. The molecule has 0 radical (unpaired) electrons. The number of anilines is 1. The molecule has 0 saturated heterocycles. The summed E-state index contributed by atoms with van der Waals surface area (Å²) in [6.45, 7) is 1.01. The molecule has 1 N–H and O–H groups in total. The average molecular weight is 313 g/mol. The standard InChI is InChI=1S/C13H13ClN2O5/c1-2-21-13(18)9(6-16(19)20)11-8-5-7(14)3-4-10(8)15-12(11)17/h3-5,9,11H,2,6H2,1H3,(H,15,17)/t9-,11?/m0/s1. The van der Waals surface area contributed by atoms with Crippen LogP contribution in [0.3, 0.4) is 0 Å². The molecule has 0 saturated carbocycles. The molecule has 2 atom stereocenters. The van der Waals surface area contributed by atoms with Gasteiger partial charge in [0, 0.05) is 15.6 Å². The molecule has 0 spiro atoms. The van der Waals surface area contributed by atoms with Crippen LogP contribution in [0, 0.1) is 16.0 Å². The van der Waals surface area contributed by atoms with E-state index in [0.717, 1.165) is 0 Å². The van der Waals surface area contributed by atoms with Crippen molar-refractivity contribution >= 4 is 29.2 Å². The van der Waals surface area contributed by atoms with E-state index in [9.17, 15) is 19.7 Å². The van der Waals surface area contributed by atoms with Crippen LogP contribution < -0.4 is 5.32 Å². The summed E-state index contributed by atoms with van der Waals surface area (Å²) in [6.07, 6.45) is 0. The molecule has 2 rings (SSSR count). The summed E-state index contributed by atoms with van der Waals surface area (Å²) in [5.74, 6) is -3.38. The van der Waals surface area contributed by atoms with Crippen LogP contribution in [0.15, 0.2) is 18.2 Å². The van der Waals surface area contributed by atoms with Crippen molar-refractivity contribution in [3.05, 3.63) is 38.9 Å². The molecule has 1 heterocycles. The first-order chi connectivity index (χ1) is 9.93. The van der Waals surface area contributed by atoms with E-state index in [2.05, 4.69) is 5.32 Å². The number of halogens is 1. The molecule has 1 aromatic rings. The summed E-state index contributed by atoms with van der Waals surface area (Å²) >= 11 is 5.90. The Kier molecular flexibility index (Phi) is 4.42. The fourth-order valence-electron chi connectivity index (χ4n) is 2.38. The largest absolute Gasteiger partial charge is 0.466 e. The van der Waals surface area contributed by atoms with Gasteiger partial charge >= 0.3 is 5.97 Å². The lowest BCUT2D eigenvalue weighted by atomic mass is 9.87. The number of hydrogen-bond acceptors (Lipinski definition) is 5. The number of amides is 1. The van der Waals surface area contributed by atoms with E-state index in [-0.39, 0.29) is 6.61 Å². The Labute approximate surface area is 125 Å². The van der Waals surface area contributed by atoms with Gasteiger partial charge in [-0.05, 0) is 30.7 Å². The molecule has 8 heteroatoms. The highest BCUT2D eigenvalue weighted by Gasteiger charge is 2.44. The predicted octanol–water partition coefficient (Wildman–Crippen LogP) is 1.83. The number of ether oxygens (including phenoxy) is 1. The number of nitro groups is 1. The number of esters is 1. The number of fused-ring (bicyclic) bond motifs is 1. The van der Waals surface area contributed by atoms with Gasteiger partial charge in [-0.15, -0.1) is 0 Å². The maximum Gasteiger partial charge on any atom is 0.316 e. The van der Waals surface area contributed by atoms with Crippen molar-refractivity contribution < 1.29 is 19.2 Å². The SMILES string of the molecule is CCOC(=O)[C@@H](C[N+](=O)[O-])C1C(=O)Nc2ccc(Cl)cc21. The molecule has 1 aromatic carbocycles. The maximum atomic E-state index is 12.1. The van der Waals surface area contributed by atoms with Gasteiger partial charge in [0.25, 0.3) is 0 Å². The zero-order valence-corrected chi connectivity index (χ0v) is 11.9. The van der Waals surface area contributed by atoms with Gasteiger partial charge < -0.3 is 10.1 Å². The van der Waals surface area contributed by atoms with Crippen molar-refractivity contribution in [2.24, 2.45) is 5.92 Å². The van der Waals surface area contributed by atoms with Crippen molar-refractivity contribution in [3.63, 3.8) is 0 Å². The van der Waals surface area contributed by atoms with Gasteiger partial charge in [0.2, 0.25) is 12.5 Å². The van der Waals surface area contributed by atoms with Crippen LogP contribution in [-0.4, -0.2) is 30.0 Å². The molecule has 1 aliphatic rings. The van der Waals surface area contributed by atoms with E-state index in [1.807, 2.05) is 0 Å². The summed E-state index contributed by atoms with van der Waals surface area (Å²) in [7, 11) is 0. The molecule has 0 aromatic heterocycles. The second-order valence-electron chi connectivity index (χ2n) is 4.57. The monoisotopic (exact) mass is 312 g/mol. The topological polar surface area (TPSA) is 98.5 Å². The van der Waals surface area contributed by atoms with Crippen molar-refractivity contribution in [1.82, 2.24) is 0 Å². The molecular formula is C13H13ClN2O5. The lowest BCUT2D eigenvalue weighted by molar-refractivity contribution is -0.486. The third kappa shape index (κ3) is 3.13. The Morgan fingerprint density at radius 3 is 2.90 bits per heavy atom. The van der Waals surface area contributed by atoms with Crippen LogP contribution in [0.1, 0.15) is 18.4 Å². The summed E-state index contributed by atoms with van der Waals surface area (Å²) in [6, 6.07) is 4.73. The predicted molar refractivity (Wildman–Crippen MR) is 74.8 cm³/mol. The van der Waals surface area contributed by atoms with Crippen molar-refractivity contribution in [2.75, 3.05) is 18.5 Å².